The molecule has 1 unspecified atom stereocenters. The van der Waals surface area contributed by atoms with Gasteiger partial charge in [0.15, 0.2) is 6.10 Å². The molecule has 2 aliphatic heterocycles. The van der Waals surface area contributed by atoms with E-state index >= 15 is 0 Å². The first-order chi connectivity index (χ1) is 9.37. The molecule has 0 aliphatic carbocycles. The summed E-state index contributed by atoms with van der Waals surface area (Å²) < 4.78 is 5.69. The summed E-state index contributed by atoms with van der Waals surface area (Å²) >= 11 is 6.31. The average Bonchev–Trinajstić information content (AvgIpc) is 2.63. The van der Waals surface area contributed by atoms with Crippen molar-refractivity contribution < 1.29 is 14.6 Å². The van der Waals surface area contributed by atoms with E-state index in [4.69, 9.17) is 16.3 Å². The van der Waals surface area contributed by atoms with E-state index < -0.39 is 12.0 Å². The maximum absolute atomic E-state index is 11.5. The van der Waals surface area contributed by atoms with Gasteiger partial charge in [0.25, 0.3) is 5.91 Å². The summed E-state index contributed by atoms with van der Waals surface area (Å²) in [6.07, 6.45) is -1.13. The molecule has 0 aromatic heterocycles. The van der Waals surface area contributed by atoms with E-state index in [9.17, 15) is 9.90 Å². The van der Waals surface area contributed by atoms with Crippen LogP contribution in [0.25, 0.3) is 0 Å². The molecule has 3 rings (SSSR count). The molecular weight excluding hydrogens is 280 g/mol. The number of fused-ring (bicyclic) bond motifs is 1. The Hall–Kier alpha value is -1.30. The zero-order valence-electron chi connectivity index (χ0n) is 11.4. The lowest BCUT2D eigenvalue weighted by Crippen LogP contribution is -2.48. The van der Waals surface area contributed by atoms with E-state index in [0.29, 0.717) is 22.9 Å². The van der Waals surface area contributed by atoms with Crippen molar-refractivity contribution in [2.75, 3.05) is 29.9 Å². The van der Waals surface area contributed by atoms with Crippen LogP contribution in [0.5, 0.6) is 0 Å². The standard InChI is InChI=1S/C14H17ClN2O3/c1-14(2)7-17(3-4-20-14)11-6-10-8(5-9(11)15)12(18)13(19)16-10/h5-6,12,18H,3-4,7H2,1-2H3,(H,16,19). The third-order valence-corrected chi connectivity index (χ3v) is 3.99. The van der Waals surface area contributed by atoms with Gasteiger partial charge in [-0.15, -0.1) is 0 Å². The van der Waals surface area contributed by atoms with Gasteiger partial charge in [0.2, 0.25) is 0 Å². The number of aliphatic hydroxyl groups excluding tert-OH is 1. The second-order valence-corrected chi connectivity index (χ2v) is 6.22. The number of nitrogens with one attached hydrogen (secondary N) is 1. The molecule has 2 aliphatic rings. The van der Waals surface area contributed by atoms with Crippen LogP contribution < -0.4 is 10.2 Å². The number of rotatable bonds is 1. The van der Waals surface area contributed by atoms with Gasteiger partial charge in [-0.25, -0.2) is 0 Å². The molecule has 0 spiro atoms. The first kappa shape index (κ1) is 13.7. The summed E-state index contributed by atoms with van der Waals surface area (Å²) in [5.74, 6) is -0.407. The number of hydrogen-bond acceptors (Lipinski definition) is 4. The van der Waals surface area contributed by atoms with E-state index in [0.717, 1.165) is 18.8 Å². The van der Waals surface area contributed by atoms with E-state index in [1.807, 2.05) is 19.9 Å². The van der Waals surface area contributed by atoms with Crippen molar-refractivity contribution in [3.8, 4) is 0 Å². The molecule has 1 saturated heterocycles. The first-order valence-electron chi connectivity index (χ1n) is 6.59. The topological polar surface area (TPSA) is 61.8 Å². The summed E-state index contributed by atoms with van der Waals surface area (Å²) in [7, 11) is 0. The molecule has 108 valence electrons. The van der Waals surface area contributed by atoms with E-state index in [2.05, 4.69) is 10.2 Å². The van der Waals surface area contributed by atoms with Gasteiger partial charge in [-0.3, -0.25) is 4.79 Å². The van der Waals surface area contributed by atoms with Crippen molar-refractivity contribution >= 4 is 28.9 Å². The van der Waals surface area contributed by atoms with E-state index in [-0.39, 0.29) is 5.60 Å². The minimum Gasteiger partial charge on any atom is -0.378 e. The number of hydrogen-bond donors (Lipinski definition) is 2. The summed E-state index contributed by atoms with van der Waals surface area (Å²) in [5.41, 5.74) is 1.79. The fourth-order valence-corrected chi connectivity index (χ4v) is 3.01. The normalized spacial score (nSPS) is 24.5. The number of amides is 1. The van der Waals surface area contributed by atoms with Crippen LogP contribution in [0.15, 0.2) is 12.1 Å². The molecule has 1 fully saturated rings. The minimum absolute atomic E-state index is 0.233. The molecule has 6 heteroatoms. The number of carbonyl (C=O) groups is 1. The molecule has 2 heterocycles. The van der Waals surface area contributed by atoms with Crippen molar-refractivity contribution in [2.24, 2.45) is 0 Å². The van der Waals surface area contributed by atoms with Crippen LogP contribution in [0, 0.1) is 0 Å². The third kappa shape index (κ3) is 2.26. The molecule has 1 atom stereocenters. The lowest BCUT2D eigenvalue weighted by atomic mass is 10.1. The van der Waals surface area contributed by atoms with Crippen LogP contribution in [0.1, 0.15) is 25.5 Å². The Morgan fingerprint density at radius 2 is 2.25 bits per heavy atom. The van der Waals surface area contributed by atoms with Crippen LogP contribution in [0.4, 0.5) is 11.4 Å². The lowest BCUT2D eigenvalue weighted by Gasteiger charge is -2.39. The predicted octanol–water partition coefficient (Wildman–Crippen LogP) is 1.94. The maximum Gasteiger partial charge on any atom is 0.257 e. The fourth-order valence-electron chi connectivity index (χ4n) is 2.72. The van der Waals surface area contributed by atoms with Crippen LogP contribution >= 0.6 is 11.6 Å². The molecule has 0 radical (unpaired) electrons. The second-order valence-electron chi connectivity index (χ2n) is 5.81. The van der Waals surface area contributed by atoms with Gasteiger partial charge in [-0.1, -0.05) is 11.6 Å². The van der Waals surface area contributed by atoms with E-state index in [1.54, 1.807) is 6.07 Å². The Bertz CT molecular complexity index is 574. The van der Waals surface area contributed by atoms with Crippen LogP contribution in [-0.4, -0.2) is 36.3 Å². The molecule has 2 N–H and O–H groups in total. The maximum atomic E-state index is 11.5. The largest absolute Gasteiger partial charge is 0.378 e. The van der Waals surface area contributed by atoms with Gasteiger partial charge in [-0.2, -0.15) is 0 Å². The second kappa shape index (κ2) is 4.62. The van der Waals surface area contributed by atoms with E-state index in [1.165, 1.54) is 0 Å². The number of ether oxygens (including phenoxy) is 1. The van der Waals surface area contributed by atoms with Gasteiger partial charge in [0.1, 0.15) is 0 Å². The highest BCUT2D eigenvalue weighted by Crippen LogP contribution is 2.39. The van der Waals surface area contributed by atoms with Gasteiger partial charge in [-0.05, 0) is 26.0 Å². The summed E-state index contributed by atoms with van der Waals surface area (Å²) in [4.78, 5) is 13.6. The molecule has 1 amide bonds. The number of aliphatic hydroxyl groups is 1. The Morgan fingerprint density at radius 3 is 2.95 bits per heavy atom. The highest BCUT2D eigenvalue weighted by atomic mass is 35.5. The number of carbonyl (C=O) groups excluding carboxylic acids is 1. The first-order valence-corrected chi connectivity index (χ1v) is 6.96. The highest BCUT2D eigenvalue weighted by molar-refractivity contribution is 6.33. The predicted molar refractivity (Wildman–Crippen MR) is 77.3 cm³/mol. The SMILES string of the molecule is CC1(C)CN(c2cc3c(cc2Cl)C(O)C(=O)N3)CCO1. The molecule has 1 aromatic rings. The number of nitrogens with zero attached hydrogens (tertiary/aromatic N) is 1. The summed E-state index contributed by atoms with van der Waals surface area (Å²) in [5, 5.41) is 13.0. The Kier molecular flexibility index (Phi) is 3.16. The average molecular weight is 297 g/mol. The molecular formula is C14H17ClN2O3. The van der Waals surface area contributed by atoms with Crippen LogP contribution in [0.3, 0.4) is 0 Å². The van der Waals surface area contributed by atoms with Gasteiger partial charge in [0, 0.05) is 24.3 Å². The van der Waals surface area contributed by atoms with Crippen LogP contribution in [0.2, 0.25) is 5.02 Å². The summed E-state index contributed by atoms with van der Waals surface area (Å²) in [6.45, 7) is 6.17. The number of anilines is 2. The van der Waals surface area contributed by atoms with Crippen molar-refractivity contribution in [1.82, 2.24) is 0 Å². The van der Waals surface area contributed by atoms with Crippen LogP contribution in [-0.2, 0) is 9.53 Å². The lowest BCUT2D eigenvalue weighted by molar-refractivity contribution is -0.123. The van der Waals surface area contributed by atoms with Crippen molar-refractivity contribution in [2.45, 2.75) is 25.6 Å². The Labute approximate surface area is 122 Å². The molecule has 20 heavy (non-hydrogen) atoms. The van der Waals surface area contributed by atoms with Gasteiger partial charge >= 0.3 is 0 Å². The molecule has 0 saturated carbocycles. The summed E-state index contributed by atoms with van der Waals surface area (Å²) in [6, 6.07) is 3.49. The highest BCUT2D eigenvalue weighted by Gasteiger charge is 2.32. The van der Waals surface area contributed by atoms with Crippen molar-refractivity contribution in [3.63, 3.8) is 0 Å². The van der Waals surface area contributed by atoms with Crippen molar-refractivity contribution in [1.29, 1.82) is 0 Å². The number of halogens is 1. The quantitative estimate of drug-likeness (QED) is 0.831. The zero-order valence-corrected chi connectivity index (χ0v) is 12.2. The molecule has 5 nitrogen and oxygen atoms in total. The fraction of sp³-hybridized carbons (Fsp3) is 0.500. The Morgan fingerprint density at radius 1 is 1.50 bits per heavy atom. The Balaban J connectivity index is 1.96. The monoisotopic (exact) mass is 296 g/mol. The zero-order chi connectivity index (χ0) is 14.5. The minimum atomic E-state index is -1.13. The van der Waals surface area contributed by atoms with Gasteiger partial charge in [0.05, 0.1) is 22.9 Å². The molecule has 1 aromatic carbocycles. The van der Waals surface area contributed by atoms with Gasteiger partial charge < -0.3 is 20.1 Å². The smallest absolute Gasteiger partial charge is 0.257 e. The van der Waals surface area contributed by atoms with Crippen molar-refractivity contribution in [3.05, 3.63) is 22.7 Å². The third-order valence-electron chi connectivity index (χ3n) is 3.69. The number of benzene rings is 1. The number of morpholine rings is 1. The molecule has 0 bridgehead atoms.